The third kappa shape index (κ3) is 6.71. The zero-order chi connectivity index (χ0) is 36.6. The number of pyridine rings is 2. The topological polar surface area (TPSA) is 156 Å². The largest absolute Gasteiger partial charge is 0.478 e. The summed E-state index contributed by atoms with van der Waals surface area (Å²) in [4.78, 5) is 48.0. The lowest BCUT2D eigenvalue weighted by Crippen LogP contribution is -2.35. The summed E-state index contributed by atoms with van der Waals surface area (Å²) in [7, 11) is 0. The number of carbonyl (C=O) groups is 2. The molecule has 2 aromatic heterocycles. The maximum absolute atomic E-state index is 12.6. The van der Waals surface area contributed by atoms with Crippen LogP contribution in [0.1, 0.15) is 96.6 Å². The second kappa shape index (κ2) is 14.4. The van der Waals surface area contributed by atoms with Gasteiger partial charge in [0.2, 0.25) is 0 Å². The Balaban J connectivity index is 0.000000162. The molecule has 2 aliphatic heterocycles. The van der Waals surface area contributed by atoms with Crippen molar-refractivity contribution in [2.45, 2.75) is 89.4 Å². The fourth-order valence-electron chi connectivity index (χ4n) is 8.28. The van der Waals surface area contributed by atoms with Crippen molar-refractivity contribution in [1.82, 2.24) is 9.13 Å². The van der Waals surface area contributed by atoms with Crippen LogP contribution in [0.4, 0.5) is 0 Å². The highest BCUT2D eigenvalue weighted by atomic mass is 16.7. The van der Waals surface area contributed by atoms with Crippen LogP contribution in [-0.4, -0.2) is 69.3 Å². The maximum atomic E-state index is 12.6. The predicted molar refractivity (Wildman–Crippen MR) is 194 cm³/mol. The number of carboxylic acid groups (broad SMARTS) is 2. The first kappa shape index (κ1) is 35.8. The molecule has 2 aliphatic carbocycles. The highest BCUT2D eigenvalue weighted by molar-refractivity contribution is 5.98. The Morgan fingerprint density at radius 2 is 1.23 bits per heavy atom. The van der Waals surface area contributed by atoms with E-state index in [2.05, 4.69) is 6.08 Å². The van der Waals surface area contributed by atoms with Gasteiger partial charge in [-0.05, 0) is 92.1 Å². The average Bonchev–Trinajstić information content (AvgIpc) is 3.81. The third-order valence-corrected chi connectivity index (χ3v) is 11.0. The van der Waals surface area contributed by atoms with E-state index in [1.54, 1.807) is 57.7 Å². The molecule has 2 N–H and O–H groups in total. The van der Waals surface area contributed by atoms with Gasteiger partial charge in [-0.1, -0.05) is 6.08 Å². The van der Waals surface area contributed by atoms with Crippen LogP contribution in [0.3, 0.4) is 0 Å². The molecular weight excluding hydrogens is 668 g/mol. The number of carboxylic acids is 2. The molecule has 3 fully saturated rings. The number of aromatic nitrogens is 2. The maximum Gasteiger partial charge on any atom is 0.335 e. The molecular formula is C40H44N2O10. The summed E-state index contributed by atoms with van der Waals surface area (Å²) in [6, 6.07) is 13.3. The first-order valence-electron chi connectivity index (χ1n) is 18.1. The summed E-state index contributed by atoms with van der Waals surface area (Å²) in [5, 5.41) is 20.4. The monoisotopic (exact) mass is 712 g/mol. The number of hydrogen-bond acceptors (Lipinski definition) is 8. The van der Waals surface area contributed by atoms with Gasteiger partial charge in [0.05, 0.1) is 48.6 Å². The number of hydrogen-bond donors (Lipinski definition) is 2. The minimum atomic E-state index is -0.976. The van der Waals surface area contributed by atoms with E-state index < -0.39 is 23.5 Å². The molecule has 0 unspecified atom stereocenters. The Morgan fingerprint density at radius 1 is 0.712 bits per heavy atom. The van der Waals surface area contributed by atoms with Gasteiger partial charge in [-0.3, -0.25) is 9.59 Å². The van der Waals surface area contributed by atoms with E-state index in [0.29, 0.717) is 45.9 Å². The molecule has 274 valence electrons. The molecule has 52 heavy (non-hydrogen) atoms. The van der Waals surface area contributed by atoms with Crippen LogP contribution >= 0.6 is 0 Å². The number of fused-ring (bicyclic) bond motifs is 2. The van der Waals surface area contributed by atoms with E-state index in [0.717, 1.165) is 77.0 Å². The van der Waals surface area contributed by atoms with Gasteiger partial charge in [-0.15, -0.1) is 0 Å². The number of rotatable bonds is 6. The van der Waals surface area contributed by atoms with E-state index >= 15 is 0 Å². The summed E-state index contributed by atoms with van der Waals surface area (Å²) in [6.07, 6.45) is 7.48. The van der Waals surface area contributed by atoms with Crippen LogP contribution in [0.15, 0.2) is 64.2 Å². The number of allylic oxidation sites excluding steroid dienone is 1. The SMILES string of the molecule is CCn1c(=O)cc(C2=CCC3(CC2)OCCO3)c2cc(C(=O)O)ccc21.CCn1c(=O)cc(C2CCC3(CC2)OCCO3)c2cc(C(=O)O)ccc21. The van der Waals surface area contributed by atoms with Gasteiger partial charge in [0, 0.05) is 61.7 Å². The van der Waals surface area contributed by atoms with Gasteiger partial charge >= 0.3 is 11.9 Å². The number of aryl methyl sites for hydroxylation is 2. The number of nitrogens with zero attached hydrogens (tertiary/aromatic N) is 2. The Kier molecular flexibility index (Phi) is 9.92. The van der Waals surface area contributed by atoms with Gasteiger partial charge in [-0.25, -0.2) is 9.59 Å². The third-order valence-electron chi connectivity index (χ3n) is 11.0. The minimum Gasteiger partial charge on any atom is -0.478 e. The van der Waals surface area contributed by atoms with Gasteiger partial charge in [0.1, 0.15) is 0 Å². The van der Waals surface area contributed by atoms with Crippen molar-refractivity contribution in [1.29, 1.82) is 0 Å². The zero-order valence-electron chi connectivity index (χ0n) is 29.5. The molecule has 0 radical (unpaired) electrons. The second-order valence-corrected chi connectivity index (χ2v) is 13.8. The van der Waals surface area contributed by atoms with Crippen LogP contribution in [-0.2, 0) is 32.0 Å². The normalized spacial score (nSPS) is 19.5. The van der Waals surface area contributed by atoms with Gasteiger partial charge in [0.25, 0.3) is 11.1 Å². The Bertz CT molecular complexity index is 2180. The molecule has 8 rings (SSSR count). The smallest absolute Gasteiger partial charge is 0.335 e. The first-order chi connectivity index (χ1) is 25.1. The molecule has 2 aromatic carbocycles. The lowest BCUT2D eigenvalue weighted by atomic mass is 9.80. The van der Waals surface area contributed by atoms with Crippen LogP contribution in [0, 0.1) is 0 Å². The zero-order valence-corrected chi connectivity index (χ0v) is 29.5. The van der Waals surface area contributed by atoms with Crippen molar-refractivity contribution < 1.29 is 38.7 Å². The molecule has 0 bridgehead atoms. The average molecular weight is 713 g/mol. The molecule has 2 spiro atoms. The molecule has 4 heterocycles. The Hall–Kier alpha value is -4.62. The lowest BCUT2D eigenvalue weighted by Gasteiger charge is -2.36. The molecule has 0 atom stereocenters. The van der Waals surface area contributed by atoms with Crippen molar-refractivity contribution in [2.24, 2.45) is 0 Å². The molecule has 12 heteroatoms. The van der Waals surface area contributed by atoms with Crippen molar-refractivity contribution >= 4 is 39.3 Å². The van der Waals surface area contributed by atoms with E-state index in [4.69, 9.17) is 18.9 Å². The van der Waals surface area contributed by atoms with Gasteiger partial charge < -0.3 is 38.3 Å². The highest BCUT2D eigenvalue weighted by Crippen LogP contribution is 2.44. The summed E-state index contributed by atoms with van der Waals surface area (Å²) < 4.78 is 26.5. The molecule has 4 aliphatic rings. The van der Waals surface area contributed by atoms with E-state index in [-0.39, 0.29) is 28.2 Å². The van der Waals surface area contributed by atoms with Crippen molar-refractivity contribution in [3.8, 4) is 0 Å². The highest BCUT2D eigenvalue weighted by Gasteiger charge is 2.41. The first-order valence-corrected chi connectivity index (χ1v) is 18.1. The van der Waals surface area contributed by atoms with Crippen LogP contribution in [0.2, 0.25) is 0 Å². The van der Waals surface area contributed by atoms with Gasteiger partial charge in [-0.2, -0.15) is 0 Å². The van der Waals surface area contributed by atoms with E-state index in [1.807, 2.05) is 13.8 Å². The van der Waals surface area contributed by atoms with E-state index in [9.17, 15) is 29.4 Å². The minimum absolute atomic E-state index is 0.0354. The molecule has 12 nitrogen and oxygen atoms in total. The fraction of sp³-hybridized carbons (Fsp3) is 0.450. The summed E-state index contributed by atoms with van der Waals surface area (Å²) in [5.41, 5.74) is 4.71. The van der Waals surface area contributed by atoms with Crippen LogP contribution in [0.5, 0.6) is 0 Å². The lowest BCUT2D eigenvalue weighted by molar-refractivity contribution is -0.178. The molecule has 1 saturated carbocycles. The van der Waals surface area contributed by atoms with Crippen molar-refractivity contribution in [3.05, 3.63) is 97.6 Å². The quantitative estimate of drug-likeness (QED) is 0.238. The Morgan fingerprint density at radius 3 is 1.75 bits per heavy atom. The van der Waals surface area contributed by atoms with Crippen molar-refractivity contribution in [3.63, 3.8) is 0 Å². The van der Waals surface area contributed by atoms with Crippen LogP contribution < -0.4 is 11.1 Å². The summed E-state index contributed by atoms with van der Waals surface area (Å²) in [6.45, 7) is 7.42. The predicted octanol–water partition coefficient (Wildman–Crippen LogP) is 6.15. The van der Waals surface area contributed by atoms with Gasteiger partial charge in [0.15, 0.2) is 11.6 Å². The Labute approximate surface area is 300 Å². The standard InChI is InChI=1S/C20H23NO5.C20H21NO5/c2*1-2-21-17-4-3-14(19(23)24)11-16(17)15(12-18(21)22)13-5-7-20(8-6-13)25-9-10-26-20/h3-4,11-13H,2,5-10H2,1H3,(H,23,24);3-5,11-12H,2,6-10H2,1H3,(H,23,24). The molecule has 4 aromatic rings. The van der Waals surface area contributed by atoms with Crippen molar-refractivity contribution in [2.75, 3.05) is 26.4 Å². The fourth-order valence-corrected chi connectivity index (χ4v) is 8.28. The second-order valence-electron chi connectivity index (χ2n) is 13.8. The number of benzene rings is 2. The van der Waals surface area contributed by atoms with Crippen LogP contribution in [0.25, 0.3) is 27.4 Å². The molecule has 0 amide bonds. The summed E-state index contributed by atoms with van der Waals surface area (Å²) >= 11 is 0. The number of ether oxygens (including phenoxy) is 4. The number of aromatic carboxylic acids is 2. The summed E-state index contributed by atoms with van der Waals surface area (Å²) in [5.74, 6) is -2.70. The van der Waals surface area contributed by atoms with E-state index in [1.165, 1.54) is 0 Å². The molecule has 2 saturated heterocycles.